The maximum atomic E-state index is 12.5. The van der Waals surface area contributed by atoms with Gasteiger partial charge in [0.25, 0.3) is 0 Å². The summed E-state index contributed by atoms with van der Waals surface area (Å²) >= 11 is 5.60. The van der Waals surface area contributed by atoms with Crippen LogP contribution in [0, 0.1) is 12.8 Å². The number of aryl methyl sites for hydroxylation is 1. The molecule has 2 atom stereocenters. The quantitative estimate of drug-likeness (QED) is 0.665. The Balaban J connectivity index is 2.13. The van der Waals surface area contributed by atoms with Crippen molar-refractivity contribution in [3.8, 4) is 0 Å². The van der Waals surface area contributed by atoms with Crippen molar-refractivity contribution in [3.63, 3.8) is 0 Å². The van der Waals surface area contributed by atoms with Crippen molar-refractivity contribution < 1.29 is 13.5 Å². The Morgan fingerprint density at radius 2 is 2.00 bits per heavy atom. The van der Waals surface area contributed by atoms with Crippen LogP contribution in [-0.2, 0) is 10.0 Å². The number of β-amino-alcohol motifs (C(OH)–C–C–N with tert-alkyl or cyclic N) is 1. The second kappa shape index (κ2) is 6.92. The molecule has 1 fully saturated rings. The lowest BCUT2D eigenvalue weighted by Crippen LogP contribution is -2.29. The van der Waals surface area contributed by atoms with Gasteiger partial charge in [0.15, 0.2) is 0 Å². The van der Waals surface area contributed by atoms with Crippen LogP contribution in [-0.4, -0.2) is 42.9 Å². The molecule has 0 radical (unpaired) electrons. The summed E-state index contributed by atoms with van der Waals surface area (Å²) in [5, 5.41) is 10.0. The van der Waals surface area contributed by atoms with Crippen LogP contribution in [0.5, 0.6) is 0 Å². The van der Waals surface area contributed by atoms with E-state index in [1.54, 1.807) is 24.3 Å². The first-order valence-corrected chi connectivity index (χ1v) is 8.90. The molecule has 1 saturated heterocycles. The Kier molecular flexibility index (Phi) is 5.43. The molecule has 0 spiro atoms. The molecule has 1 aliphatic rings. The minimum Gasteiger partial charge on any atom is -0.391 e. The third-order valence-electron chi connectivity index (χ3n) is 3.62. The maximum Gasteiger partial charge on any atom is 0.243 e. The fraction of sp³-hybridized carbons (Fsp3) is 0.467. The molecule has 116 valence electrons. The zero-order valence-electron chi connectivity index (χ0n) is 11.9. The van der Waals surface area contributed by atoms with Crippen molar-refractivity contribution in [1.82, 2.24) is 4.31 Å². The molecule has 6 heteroatoms. The van der Waals surface area contributed by atoms with Crippen LogP contribution in [0.25, 0.3) is 0 Å². The minimum atomic E-state index is -3.54. The second-order valence-electron chi connectivity index (χ2n) is 5.27. The van der Waals surface area contributed by atoms with Crippen molar-refractivity contribution in [3.05, 3.63) is 42.0 Å². The lowest BCUT2D eigenvalue weighted by molar-refractivity contribution is 0.163. The van der Waals surface area contributed by atoms with E-state index in [0.29, 0.717) is 12.4 Å². The number of aliphatic hydroxyl groups excluding tert-OH is 1. The zero-order chi connectivity index (χ0) is 15.5. The van der Waals surface area contributed by atoms with Gasteiger partial charge in [-0.3, -0.25) is 0 Å². The van der Waals surface area contributed by atoms with Crippen LogP contribution in [0.3, 0.4) is 0 Å². The molecule has 1 N–H and O–H groups in total. The molecule has 0 aromatic heterocycles. The maximum absolute atomic E-state index is 12.5. The van der Waals surface area contributed by atoms with E-state index in [-0.39, 0.29) is 17.4 Å². The van der Waals surface area contributed by atoms with Gasteiger partial charge >= 0.3 is 0 Å². The monoisotopic (exact) mass is 329 g/mol. The molecule has 1 heterocycles. The van der Waals surface area contributed by atoms with Gasteiger partial charge in [-0.15, -0.1) is 11.6 Å². The summed E-state index contributed by atoms with van der Waals surface area (Å²) in [5.41, 5.74) is 1.01. The zero-order valence-corrected chi connectivity index (χ0v) is 13.5. The number of benzene rings is 1. The first-order chi connectivity index (χ1) is 9.95. The molecular formula is C15H20ClNO3S. The van der Waals surface area contributed by atoms with Gasteiger partial charge in [-0.1, -0.05) is 29.8 Å². The number of hydrogen-bond acceptors (Lipinski definition) is 3. The third-order valence-corrected chi connectivity index (χ3v) is 5.68. The van der Waals surface area contributed by atoms with Crippen LogP contribution in [0.4, 0.5) is 0 Å². The number of sulfonamides is 1. The van der Waals surface area contributed by atoms with Gasteiger partial charge in [-0.25, -0.2) is 8.42 Å². The number of rotatable bonds is 5. The van der Waals surface area contributed by atoms with Crippen LogP contribution in [0.15, 0.2) is 41.3 Å². The summed E-state index contributed by atoms with van der Waals surface area (Å²) in [6.45, 7) is 2.34. The molecule has 21 heavy (non-hydrogen) atoms. The summed E-state index contributed by atoms with van der Waals surface area (Å²) < 4.78 is 26.4. The van der Waals surface area contributed by atoms with Crippen molar-refractivity contribution >= 4 is 21.6 Å². The highest BCUT2D eigenvalue weighted by Gasteiger charge is 2.37. The lowest BCUT2D eigenvalue weighted by Gasteiger charge is -2.15. The Morgan fingerprint density at radius 1 is 1.33 bits per heavy atom. The Hall–Kier alpha value is -0.880. The predicted molar refractivity (Wildman–Crippen MR) is 83.9 cm³/mol. The van der Waals surface area contributed by atoms with E-state index in [1.807, 2.05) is 19.1 Å². The average Bonchev–Trinajstić information content (AvgIpc) is 2.82. The van der Waals surface area contributed by atoms with Crippen molar-refractivity contribution in [1.29, 1.82) is 0 Å². The van der Waals surface area contributed by atoms with E-state index in [0.717, 1.165) is 12.0 Å². The largest absolute Gasteiger partial charge is 0.391 e. The van der Waals surface area contributed by atoms with Crippen LogP contribution >= 0.6 is 11.6 Å². The first-order valence-electron chi connectivity index (χ1n) is 6.92. The molecule has 0 bridgehead atoms. The van der Waals surface area contributed by atoms with Crippen molar-refractivity contribution in [2.24, 2.45) is 5.92 Å². The van der Waals surface area contributed by atoms with Gasteiger partial charge in [0, 0.05) is 24.9 Å². The fourth-order valence-corrected chi connectivity index (χ4v) is 3.98. The highest BCUT2D eigenvalue weighted by molar-refractivity contribution is 7.89. The average molecular weight is 330 g/mol. The fourth-order valence-electron chi connectivity index (χ4n) is 2.35. The van der Waals surface area contributed by atoms with Crippen LogP contribution in [0.2, 0.25) is 0 Å². The SMILES string of the molecule is Cc1ccc(S(=O)(=O)N2C[C@@H](/C=C/CCCl)[C@@H](O)C2)cc1. The molecule has 4 nitrogen and oxygen atoms in total. The van der Waals surface area contributed by atoms with Crippen molar-refractivity contribution in [2.75, 3.05) is 19.0 Å². The highest BCUT2D eigenvalue weighted by atomic mass is 35.5. The Bertz CT molecular complexity index is 598. The van der Waals surface area contributed by atoms with Gasteiger partial charge in [0.1, 0.15) is 0 Å². The molecule has 2 rings (SSSR count). The summed E-state index contributed by atoms with van der Waals surface area (Å²) in [5.74, 6) is 0.346. The molecule has 1 aromatic carbocycles. The molecule has 0 unspecified atom stereocenters. The number of allylic oxidation sites excluding steroid dienone is 1. The van der Waals surface area contributed by atoms with E-state index in [4.69, 9.17) is 11.6 Å². The van der Waals surface area contributed by atoms with E-state index < -0.39 is 16.1 Å². The van der Waals surface area contributed by atoms with Gasteiger partial charge in [-0.05, 0) is 25.5 Å². The summed E-state index contributed by atoms with van der Waals surface area (Å²) in [4.78, 5) is 0.269. The highest BCUT2D eigenvalue weighted by Crippen LogP contribution is 2.25. The number of aliphatic hydroxyl groups is 1. The number of nitrogens with zero attached hydrogens (tertiary/aromatic N) is 1. The van der Waals surface area contributed by atoms with E-state index in [9.17, 15) is 13.5 Å². The van der Waals surface area contributed by atoms with Crippen molar-refractivity contribution in [2.45, 2.75) is 24.3 Å². The third kappa shape index (κ3) is 3.86. The molecule has 1 aliphatic heterocycles. The standard InChI is InChI=1S/C15H20ClNO3S/c1-12-5-7-14(8-6-12)21(19,20)17-10-13(15(18)11-17)4-2-3-9-16/h2,4-8,13,15,18H,3,9-11H2,1H3/b4-2+/t13-,15+/m1/s1. The molecule has 0 saturated carbocycles. The minimum absolute atomic E-state index is 0.131. The van der Waals surface area contributed by atoms with Gasteiger partial charge < -0.3 is 5.11 Å². The second-order valence-corrected chi connectivity index (χ2v) is 7.59. The van der Waals surface area contributed by atoms with Gasteiger partial charge in [-0.2, -0.15) is 4.31 Å². The van der Waals surface area contributed by atoms with Gasteiger partial charge in [0.2, 0.25) is 10.0 Å². The smallest absolute Gasteiger partial charge is 0.243 e. The number of hydrogen-bond donors (Lipinski definition) is 1. The molecule has 1 aromatic rings. The van der Waals surface area contributed by atoms with E-state index in [2.05, 4.69) is 0 Å². The molecule has 0 aliphatic carbocycles. The summed E-state index contributed by atoms with van der Waals surface area (Å²) in [7, 11) is -3.54. The first kappa shape index (κ1) is 16.5. The lowest BCUT2D eigenvalue weighted by atomic mass is 10.1. The van der Waals surface area contributed by atoms with Gasteiger partial charge in [0.05, 0.1) is 11.0 Å². The van der Waals surface area contributed by atoms with E-state index >= 15 is 0 Å². The molecular weight excluding hydrogens is 310 g/mol. The molecule has 0 amide bonds. The van der Waals surface area contributed by atoms with E-state index in [1.165, 1.54) is 4.31 Å². The normalized spacial score (nSPS) is 24.0. The topological polar surface area (TPSA) is 57.6 Å². The number of alkyl halides is 1. The van der Waals surface area contributed by atoms with Crippen LogP contribution < -0.4 is 0 Å². The predicted octanol–water partition coefficient (Wildman–Crippen LogP) is 2.16. The summed E-state index contributed by atoms with van der Waals surface area (Å²) in [6.07, 6.45) is 3.80. The Labute approximate surface area is 131 Å². The number of halogens is 1. The summed E-state index contributed by atoms with van der Waals surface area (Å²) in [6, 6.07) is 6.76. The Morgan fingerprint density at radius 3 is 2.62 bits per heavy atom. The van der Waals surface area contributed by atoms with Crippen LogP contribution in [0.1, 0.15) is 12.0 Å².